The molecule has 1 N–H and O–H groups in total. The van der Waals surface area contributed by atoms with Crippen LogP contribution >= 0.6 is 0 Å². The van der Waals surface area contributed by atoms with Gasteiger partial charge in [-0.2, -0.15) is 0 Å². The number of aliphatic hydroxyl groups is 1. The van der Waals surface area contributed by atoms with Gasteiger partial charge >= 0.3 is 0 Å². The van der Waals surface area contributed by atoms with Crippen LogP contribution in [0.4, 0.5) is 4.39 Å². The second-order valence-corrected chi connectivity index (χ2v) is 11.9. The van der Waals surface area contributed by atoms with Crippen LogP contribution in [0.15, 0.2) is 30.0 Å². The summed E-state index contributed by atoms with van der Waals surface area (Å²) in [5.74, 6) is 3.74. The second kappa shape index (κ2) is 7.97. The van der Waals surface area contributed by atoms with E-state index in [1.54, 1.807) is 5.57 Å². The number of allylic oxidation sites excluding steroid dienone is 1. The van der Waals surface area contributed by atoms with Gasteiger partial charge in [-0.15, -0.1) is 0 Å². The van der Waals surface area contributed by atoms with Crippen LogP contribution in [-0.2, 0) is 6.42 Å². The molecular formula is C28H40FNO. The Morgan fingerprint density at radius 1 is 1.13 bits per heavy atom. The predicted octanol–water partition coefficient (Wildman–Crippen LogP) is 6.73. The minimum atomic E-state index is -0.245. The highest BCUT2D eigenvalue weighted by Gasteiger charge is 2.59. The zero-order chi connectivity index (χ0) is 21.8. The summed E-state index contributed by atoms with van der Waals surface area (Å²) in [5, 5.41) is 10.2. The number of hydrogen-bond donors (Lipinski definition) is 1. The molecule has 1 heterocycles. The van der Waals surface area contributed by atoms with Gasteiger partial charge in [0.1, 0.15) is 5.82 Å². The molecule has 1 aromatic heterocycles. The van der Waals surface area contributed by atoms with Crippen molar-refractivity contribution in [1.29, 1.82) is 0 Å². The Morgan fingerprint density at radius 3 is 2.74 bits per heavy atom. The van der Waals surface area contributed by atoms with Crippen LogP contribution in [0.3, 0.4) is 0 Å². The lowest BCUT2D eigenvalue weighted by atomic mass is 9.47. The molecule has 31 heavy (non-hydrogen) atoms. The third-order valence-corrected chi connectivity index (χ3v) is 10.5. The number of pyridine rings is 1. The average molecular weight is 426 g/mol. The first-order valence-electron chi connectivity index (χ1n) is 12.8. The van der Waals surface area contributed by atoms with Gasteiger partial charge in [-0.1, -0.05) is 32.4 Å². The van der Waals surface area contributed by atoms with Crippen LogP contribution in [0.25, 0.3) is 0 Å². The van der Waals surface area contributed by atoms with Crippen LogP contribution in [0.5, 0.6) is 0 Å². The van der Waals surface area contributed by atoms with Crippen LogP contribution in [0, 0.1) is 46.2 Å². The summed E-state index contributed by atoms with van der Waals surface area (Å²) in [7, 11) is 0. The normalized spacial score (nSPS) is 42.9. The largest absolute Gasteiger partial charge is 0.393 e. The summed E-state index contributed by atoms with van der Waals surface area (Å²) in [6, 6.07) is 3.39. The van der Waals surface area contributed by atoms with E-state index in [1.807, 2.05) is 6.07 Å². The molecule has 4 aliphatic carbocycles. The van der Waals surface area contributed by atoms with Crippen molar-refractivity contribution in [3.8, 4) is 0 Å². The van der Waals surface area contributed by atoms with Crippen molar-refractivity contribution < 1.29 is 9.50 Å². The Hall–Kier alpha value is -1.22. The molecule has 0 unspecified atom stereocenters. The molecule has 0 aliphatic heterocycles. The van der Waals surface area contributed by atoms with Crippen LogP contribution in [0.2, 0.25) is 0 Å². The molecule has 4 aliphatic rings. The smallest absolute Gasteiger partial charge is 0.141 e. The molecule has 1 aromatic rings. The topological polar surface area (TPSA) is 33.1 Å². The minimum Gasteiger partial charge on any atom is -0.393 e. The quantitative estimate of drug-likeness (QED) is 0.543. The number of aromatic nitrogens is 1. The average Bonchev–Trinajstić information content (AvgIpc) is 3.11. The molecule has 0 spiro atoms. The van der Waals surface area contributed by atoms with E-state index in [0.29, 0.717) is 16.7 Å². The van der Waals surface area contributed by atoms with E-state index >= 15 is 0 Å². The van der Waals surface area contributed by atoms with Gasteiger partial charge in [-0.25, -0.2) is 4.39 Å². The number of nitrogens with zero attached hydrogens (tertiary/aromatic N) is 1. The molecule has 3 saturated carbocycles. The molecule has 2 nitrogen and oxygen atoms in total. The van der Waals surface area contributed by atoms with Gasteiger partial charge in [0.2, 0.25) is 0 Å². The lowest BCUT2D eigenvalue weighted by Gasteiger charge is -2.58. The summed E-state index contributed by atoms with van der Waals surface area (Å²) >= 11 is 0. The number of fused-ring (bicyclic) bond motifs is 5. The Kier molecular flexibility index (Phi) is 5.56. The Balaban J connectivity index is 1.30. The maximum atomic E-state index is 13.2. The third-order valence-electron chi connectivity index (χ3n) is 10.5. The van der Waals surface area contributed by atoms with Crippen molar-refractivity contribution in [2.75, 3.05) is 0 Å². The van der Waals surface area contributed by atoms with Gasteiger partial charge in [0.15, 0.2) is 0 Å². The number of aliphatic hydroxyl groups excluding tert-OH is 1. The van der Waals surface area contributed by atoms with Crippen molar-refractivity contribution >= 4 is 0 Å². The van der Waals surface area contributed by atoms with E-state index in [9.17, 15) is 9.50 Å². The molecule has 170 valence electrons. The van der Waals surface area contributed by atoms with E-state index in [2.05, 4.69) is 31.8 Å². The summed E-state index contributed by atoms with van der Waals surface area (Å²) in [6.07, 6.45) is 15.7. The monoisotopic (exact) mass is 425 g/mol. The van der Waals surface area contributed by atoms with Crippen molar-refractivity contribution in [1.82, 2.24) is 4.98 Å². The Labute approximate surface area is 187 Å². The van der Waals surface area contributed by atoms with Gasteiger partial charge in [-0.3, -0.25) is 4.98 Å². The zero-order valence-electron chi connectivity index (χ0n) is 19.6. The fourth-order valence-corrected chi connectivity index (χ4v) is 8.75. The summed E-state index contributed by atoms with van der Waals surface area (Å²) in [6.45, 7) is 7.59. The molecule has 0 radical (unpaired) electrons. The fourth-order valence-electron chi connectivity index (χ4n) is 8.75. The molecule has 0 bridgehead atoms. The molecule has 3 fully saturated rings. The van der Waals surface area contributed by atoms with Gasteiger partial charge < -0.3 is 5.11 Å². The SMILES string of the molecule is C[C@H](CCc1ccc(F)cn1)[C@H]1CC[C@H]2[C@@H]3CC=C4C[C@@H](O)CC[C@]4(C)[C@H]3CC[C@]12C. The first-order valence-corrected chi connectivity index (χ1v) is 12.8. The van der Waals surface area contributed by atoms with Gasteiger partial charge in [0.25, 0.3) is 0 Å². The fraction of sp³-hybridized carbons (Fsp3) is 0.750. The number of halogens is 1. The van der Waals surface area contributed by atoms with Gasteiger partial charge in [0.05, 0.1) is 12.3 Å². The molecular weight excluding hydrogens is 385 g/mol. The first-order chi connectivity index (χ1) is 14.8. The molecule has 8 atom stereocenters. The second-order valence-electron chi connectivity index (χ2n) is 11.9. The summed E-state index contributed by atoms with van der Waals surface area (Å²) < 4.78 is 13.2. The van der Waals surface area contributed by atoms with Crippen LogP contribution in [0.1, 0.15) is 84.3 Å². The zero-order valence-corrected chi connectivity index (χ0v) is 19.6. The molecule has 0 amide bonds. The van der Waals surface area contributed by atoms with Gasteiger partial charge in [0, 0.05) is 5.69 Å². The number of hydrogen-bond acceptors (Lipinski definition) is 2. The Morgan fingerprint density at radius 2 is 1.97 bits per heavy atom. The van der Waals surface area contributed by atoms with E-state index in [0.717, 1.165) is 55.0 Å². The highest BCUT2D eigenvalue weighted by atomic mass is 19.1. The van der Waals surface area contributed by atoms with Gasteiger partial charge in [-0.05, 0) is 117 Å². The highest BCUT2D eigenvalue weighted by Crippen LogP contribution is 2.67. The maximum absolute atomic E-state index is 13.2. The lowest BCUT2D eigenvalue weighted by Crippen LogP contribution is -2.50. The van der Waals surface area contributed by atoms with E-state index in [1.165, 1.54) is 50.8 Å². The lowest BCUT2D eigenvalue weighted by molar-refractivity contribution is -0.0571. The summed E-state index contributed by atoms with van der Waals surface area (Å²) in [5.41, 5.74) is 3.40. The molecule has 0 aromatic carbocycles. The minimum absolute atomic E-state index is 0.114. The highest BCUT2D eigenvalue weighted by molar-refractivity contribution is 5.25. The van der Waals surface area contributed by atoms with Crippen molar-refractivity contribution in [3.63, 3.8) is 0 Å². The molecule has 5 rings (SSSR count). The summed E-state index contributed by atoms with van der Waals surface area (Å²) in [4.78, 5) is 4.28. The maximum Gasteiger partial charge on any atom is 0.141 e. The van der Waals surface area contributed by atoms with E-state index in [-0.39, 0.29) is 11.9 Å². The number of aryl methyl sites for hydroxylation is 1. The standard InChI is InChI=1S/C28H40FNO/c1-18(4-7-21-8-6-20(29)17-30-21)24-10-11-25-23-9-5-19-16-22(31)12-14-27(19,2)26(23)13-15-28(24,25)3/h5-6,8,17-18,22-26,31H,4,7,9-16H2,1-3H3/t18-,22+,23+,24-,25+,26+,27+,28-/m1/s1. The molecule has 3 heteroatoms. The van der Waals surface area contributed by atoms with Crippen LogP contribution < -0.4 is 0 Å². The predicted molar refractivity (Wildman–Crippen MR) is 123 cm³/mol. The Bertz CT molecular complexity index is 834. The number of rotatable bonds is 4. The third kappa shape index (κ3) is 3.59. The van der Waals surface area contributed by atoms with Crippen LogP contribution in [-0.4, -0.2) is 16.2 Å². The van der Waals surface area contributed by atoms with E-state index in [4.69, 9.17) is 0 Å². The first kappa shape index (κ1) is 21.6. The van der Waals surface area contributed by atoms with Crippen molar-refractivity contribution in [3.05, 3.63) is 41.5 Å². The van der Waals surface area contributed by atoms with Crippen molar-refractivity contribution in [2.24, 2.45) is 40.4 Å². The van der Waals surface area contributed by atoms with Crippen molar-refractivity contribution in [2.45, 2.75) is 91.1 Å². The van der Waals surface area contributed by atoms with E-state index < -0.39 is 0 Å². The molecule has 0 saturated heterocycles.